The molecule has 0 bridgehead atoms. The van der Waals surface area contributed by atoms with E-state index in [2.05, 4.69) is 49.0 Å². The molecule has 0 saturated heterocycles. The van der Waals surface area contributed by atoms with E-state index < -0.39 is 0 Å². The molecule has 23 heavy (non-hydrogen) atoms. The van der Waals surface area contributed by atoms with Crippen LogP contribution in [0.4, 0.5) is 5.69 Å². The average Bonchev–Trinajstić information content (AvgIpc) is 2.84. The van der Waals surface area contributed by atoms with Crippen molar-refractivity contribution in [3.63, 3.8) is 0 Å². The van der Waals surface area contributed by atoms with Crippen molar-refractivity contribution in [1.29, 1.82) is 0 Å². The summed E-state index contributed by atoms with van der Waals surface area (Å²) in [4.78, 5) is 13.7. The van der Waals surface area contributed by atoms with E-state index in [1.54, 1.807) is 12.1 Å². The maximum Gasteiger partial charge on any atom is 0.277 e. The van der Waals surface area contributed by atoms with Crippen molar-refractivity contribution in [3.8, 4) is 5.75 Å². The first-order chi connectivity index (χ1) is 11.0. The number of nitrogens with zero attached hydrogens (tertiary/aromatic N) is 2. The summed E-state index contributed by atoms with van der Waals surface area (Å²) in [5.41, 5.74) is 3.38. The minimum absolute atomic E-state index is 0.117. The number of rotatable bonds is 6. The zero-order valence-corrected chi connectivity index (χ0v) is 16.3. The van der Waals surface area contributed by atoms with Gasteiger partial charge in [-0.1, -0.05) is 6.07 Å². The summed E-state index contributed by atoms with van der Waals surface area (Å²) in [5.74, 6) is 0.817. The number of hydrazone groups is 1. The lowest BCUT2D eigenvalue weighted by Gasteiger charge is -2.13. The van der Waals surface area contributed by atoms with Gasteiger partial charge in [-0.3, -0.25) is 4.79 Å². The molecule has 122 valence electrons. The molecular weight excluding hydrogens is 477 g/mol. The normalized spacial score (nSPS) is 10.8. The van der Waals surface area contributed by atoms with Crippen LogP contribution < -0.4 is 15.1 Å². The highest BCUT2D eigenvalue weighted by atomic mass is 127. The monoisotopic (exact) mass is 491 g/mol. The van der Waals surface area contributed by atoms with Gasteiger partial charge in [0.15, 0.2) is 10.4 Å². The predicted molar refractivity (Wildman–Crippen MR) is 101 cm³/mol. The lowest BCUT2D eigenvalue weighted by molar-refractivity contribution is -0.123. The number of hydrogen-bond acceptors (Lipinski definition) is 5. The molecule has 2 aromatic rings. The van der Waals surface area contributed by atoms with Gasteiger partial charge in [-0.25, -0.2) is 5.43 Å². The van der Waals surface area contributed by atoms with E-state index in [0.717, 1.165) is 13.9 Å². The molecule has 8 heteroatoms. The zero-order chi connectivity index (χ0) is 16.8. The summed E-state index contributed by atoms with van der Waals surface area (Å²) >= 11 is 5.38. The lowest BCUT2D eigenvalue weighted by Crippen LogP contribution is -2.24. The van der Waals surface area contributed by atoms with Crippen LogP contribution in [0.1, 0.15) is 5.76 Å². The average molecular weight is 492 g/mol. The molecule has 1 heterocycles. The number of halogens is 2. The van der Waals surface area contributed by atoms with Gasteiger partial charge in [0.25, 0.3) is 5.91 Å². The third-order valence-corrected chi connectivity index (χ3v) is 4.88. The summed E-state index contributed by atoms with van der Waals surface area (Å²) in [6, 6.07) is 9.25. The summed E-state index contributed by atoms with van der Waals surface area (Å²) in [7, 11) is 3.88. The van der Waals surface area contributed by atoms with Crippen molar-refractivity contribution in [2.75, 3.05) is 25.6 Å². The molecule has 0 aliphatic rings. The number of anilines is 1. The van der Waals surface area contributed by atoms with Crippen LogP contribution in [0.5, 0.6) is 5.75 Å². The van der Waals surface area contributed by atoms with Crippen molar-refractivity contribution >= 4 is 56.3 Å². The Hall–Kier alpha value is -1.55. The van der Waals surface area contributed by atoms with E-state index in [1.165, 1.54) is 6.21 Å². The van der Waals surface area contributed by atoms with Gasteiger partial charge in [-0.2, -0.15) is 5.10 Å². The maximum absolute atomic E-state index is 11.7. The SMILES string of the molecule is CN(C)c1cccc(OCC(=O)N/N=C/c2cc(Br)c(I)o2)c1. The number of hydrogen-bond donors (Lipinski definition) is 1. The van der Waals surface area contributed by atoms with E-state index >= 15 is 0 Å². The van der Waals surface area contributed by atoms with Gasteiger partial charge >= 0.3 is 0 Å². The molecule has 1 aromatic carbocycles. The Balaban J connectivity index is 1.82. The Labute approximate surface area is 156 Å². The lowest BCUT2D eigenvalue weighted by atomic mass is 10.3. The van der Waals surface area contributed by atoms with E-state index in [0.29, 0.717) is 11.5 Å². The van der Waals surface area contributed by atoms with Crippen LogP contribution in [-0.2, 0) is 4.79 Å². The Morgan fingerprint density at radius 2 is 2.26 bits per heavy atom. The Morgan fingerprint density at radius 3 is 2.91 bits per heavy atom. The number of carbonyl (C=O) groups excluding carboxylic acids is 1. The number of furan rings is 1. The second-order valence-corrected chi connectivity index (χ2v) is 6.58. The standard InChI is InChI=1S/C15H15BrIN3O3/c1-20(2)10-4-3-5-11(6-10)22-9-14(21)19-18-8-12-7-13(16)15(17)23-12/h3-8H,9H2,1-2H3,(H,19,21)/b18-8+. The highest BCUT2D eigenvalue weighted by molar-refractivity contribution is 14.1. The van der Waals surface area contributed by atoms with Gasteiger partial charge in [0.1, 0.15) is 11.5 Å². The van der Waals surface area contributed by atoms with E-state index in [4.69, 9.17) is 9.15 Å². The zero-order valence-electron chi connectivity index (χ0n) is 12.5. The first-order valence-electron chi connectivity index (χ1n) is 6.62. The third kappa shape index (κ3) is 5.54. The van der Waals surface area contributed by atoms with Crippen LogP contribution in [0.25, 0.3) is 0 Å². The van der Waals surface area contributed by atoms with Crippen LogP contribution in [0, 0.1) is 3.77 Å². The van der Waals surface area contributed by atoms with Gasteiger partial charge in [0.05, 0.1) is 10.7 Å². The Morgan fingerprint density at radius 1 is 1.48 bits per heavy atom. The van der Waals surface area contributed by atoms with Crippen molar-refractivity contribution < 1.29 is 13.9 Å². The highest BCUT2D eigenvalue weighted by Gasteiger charge is 2.05. The topological polar surface area (TPSA) is 67.1 Å². The first kappa shape index (κ1) is 17.8. The summed E-state index contributed by atoms with van der Waals surface area (Å²) in [5, 5.41) is 3.82. The van der Waals surface area contributed by atoms with E-state index in [1.807, 2.05) is 37.2 Å². The van der Waals surface area contributed by atoms with E-state index in [9.17, 15) is 4.79 Å². The van der Waals surface area contributed by atoms with Gasteiger partial charge in [-0.15, -0.1) is 0 Å². The van der Waals surface area contributed by atoms with Gasteiger partial charge in [0.2, 0.25) is 0 Å². The van der Waals surface area contributed by atoms with Crippen LogP contribution in [0.15, 0.2) is 44.3 Å². The molecule has 0 aliphatic carbocycles. The molecule has 1 aromatic heterocycles. The third-order valence-electron chi connectivity index (χ3n) is 2.75. The van der Waals surface area contributed by atoms with Crippen molar-refractivity contribution in [2.24, 2.45) is 5.10 Å². The minimum Gasteiger partial charge on any atom is -0.484 e. The number of nitrogens with one attached hydrogen (secondary N) is 1. The molecule has 0 radical (unpaired) electrons. The fourth-order valence-corrected chi connectivity index (χ4v) is 2.34. The fraction of sp³-hybridized carbons (Fsp3) is 0.200. The second-order valence-electron chi connectivity index (χ2n) is 4.74. The molecule has 0 atom stereocenters. The quantitative estimate of drug-likeness (QED) is 0.382. The van der Waals surface area contributed by atoms with Gasteiger partial charge in [-0.05, 0) is 28.1 Å². The molecule has 0 aliphatic heterocycles. The number of ether oxygens (including phenoxy) is 1. The Kier molecular flexibility index (Phi) is 6.46. The summed E-state index contributed by atoms with van der Waals surface area (Å²) in [6.45, 7) is -0.117. The molecule has 0 unspecified atom stereocenters. The molecular formula is C15H15BrIN3O3. The van der Waals surface area contributed by atoms with Gasteiger partial charge in [0, 0.05) is 54.5 Å². The van der Waals surface area contributed by atoms with Crippen LogP contribution in [-0.4, -0.2) is 32.8 Å². The molecule has 0 fully saturated rings. The van der Waals surface area contributed by atoms with Crippen LogP contribution in [0.3, 0.4) is 0 Å². The Bertz CT molecular complexity index is 696. The minimum atomic E-state index is -0.350. The van der Waals surface area contributed by atoms with Crippen molar-refractivity contribution in [2.45, 2.75) is 0 Å². The van der Waals surface area contributed by atoms with Gasteiger partial charge < -0.3 is 14.1 Å². The fourth-order valence-electron chi connectivity index (χ4n) is 1.63. The summed E-state index contributed by atoms with van der Waals surface area (Å²) in [6.07, 6.45) is 1.43. The first-order valence-corrected chi connectivity index (χ1v) is 8.50. The summed E-state index contributed by atoms with van der Waals surface area (Å²) < 4.78 is 12.4. The molecule has 6 nitrogen and oxygen atoms in total. The van der Waals surface area contributed by atoms with Crippen molar-refractivity contribution in [3.05, 3.63) is 44.3 Å². The maximum atomic E-state index is 11.7. The predicted octanol–water partition coefficient (Wildman–Crippen LogP) is 3.24. The highest BCUT2D eigenvalue weighted by Crippen LogP contribution is 2.22. The number of carbonyl (C=O) groups is 1. The van der Waals surface area contributed by atoms with Crippen LogP contribution in [0.2, 0.25) is 0 Å². The molecule has 2 rings (SSSR count). The smallest absolute Gasteiger partial charge is 0.277 e. The molecule has 1 amide bonds. The molecule has 0 spiro atoms. The van der Waals surface area contributed by atoms with Crippen LogP contribution >= 0.6 is 38.5 Å². The second kappa shape index (κ2) is 8.34. The van der Waals surface area contributed by atoms with Crippen molar-refractivity contribution in [1.82, 2.24) is 5.43 Å². The number of amides is 1. The molecule has 0 saturated carbocycles. The number of benzene rings is 1. The largest absolute Gasteiger partial charge is 0.484 e. The van der Waals surface area contributed by atoms with E-state index in [-0.39, 0.29) is 12.5 Å². The molecule has 1 N–H and O–H groups in total.